The van der Waals surface area contributed by atoms with Crippen molar-refractivity contribution in [3.8, 4) is 0 Å². The van der Waals surface area contributed by atoms with Crippen LogP contribution >= 0.6 is 44.3 Å². The maximum atomic E-state index is 10.3. The molecule has 0 aliphatic carbocycles. The molecule has 0 saturated heterocycles. The van der Waals surface area contributed by atoms with Crippen LogP contribution in [0.15, 0.2) is 91.5 Å². The van der Waals surface area contributed by atoms with Gasteiger partial charge >= 0.3 is 233 Å². The summed E-state index contributed by atoms with van der Waals surface area (Å²) >= 11 is 6.74. The Bertz CT molecular complexity index is 1440. The van der Waals surface area contributed by atoms with Crippen LogP contribution in [0.5, 0.6) is 0 Å². The van der Waals surface area contributed by atoms with E-state index in [-0.39, 0.29) is 32.7 Å². The van der Waals surface area contributed by atoms with E-state index in [0.29, 0.717) is 44.2 Å². The molecule has 0 aliphatic heterocycles. The van der Waals surface area contributed by atoms with Gasteiger partial charge in [-0.25, -0.2) is 0 Å². The van der Waals surface area contributed by atoms with Gasteiger partial charge in [-0.05, 0) is 17.7 Å². The first-order valence-electron chi connectivity index (χ1n) is 14.5. The summed E-state index contributed by atoms with van der Waals surface area (Å²) in [5.41, 5.74) is 8.82. The normalized spacial score (nSPS) is 10.1. The summed E-state index contributed by atoms with van der Waals surface area (Å²) in [5, 5.41) is 48.0. The van der Waals surface area contributed by atoms with Crippen molar-refractivity contribution in [1.82, 2.24) is 21.3 Å². The van der Waals surface area contributed by atoms with E-state index in [1.807, 2.05) is 48.5 Å². The maximum Gasteiger partial charge on any atom is 0.0178 e. The molecular formula is C28H43B5Br2ClN7O6. The predicted molar refractivity (Wildman–Crippen MR) is 212 cm³/mol. The summed E-state index contributed by atoms with van der Waals surface area (Å²) in [6, 6.07) is 22.6. The number of nitrogens with zero attached hydrogens (tertiary/aromatic N) is 2. The molecule has 0 aliphatic rings. The minimum atomic E-state index is -1.52. The third-order valence-electron chi connectivity index (χ3n) is 5.52. The molecule has 0 unspecified atom stereocenters. The number of benzene rings is 3. The van der Waals surface area contributed by atoms with Crippen LogP contribution in [0.1, 0.15) is 24.1 Å². The monoisotopic (exact) mass is 821 g/mol. The number of hydrogen-bond acceptors (Lipinski definition) is 9. The van der Waals surface area contributed by atoms with E-state index in [1.54, 1.807) is 31.1 Å². The summed E-state index contributed by atoms with van der Waals surface area (Å²) in [4.78, 5) is 7.81. The first-order chi connectivity index (χ1) is 22.5. The zero-order valence-electron chi connectivity index (χ0n) is 26.6. The number of rotatable bonds is 12. The standard InChI is InChI=1S/C10H16B3N3O4.C10H14B2BrN3O2.C7H8BrN.CH4.ClH/c1-12(18)16-10(15-7-11-17)14-6-8-3-2-4-9(5-8)13(19)20;1-12(18)16-10(15-7-11-17)14-6-8-3-2-4-9(13)5-8;8-7-3-1-2-6(4-7)5-9;;/h2-5,18-20H,6-7H2,1H3,(H2,14,15,16);2-5,18H,6-7H2,1H3,(H2,14,15,16);1-4H,5,9H2;1H4;1H. The fourth-order valence-corrected chi connectivity index (χ4v) is 4.40. The van der Waals surface area contributed by atoms with Gasteiger partial charge in [-0.2, -0.15) is 0 Å². The second-order valence-corrected chi connectivity index (χ2v) is 11.4. The van der Waals surface area contributed by atoms with Crippen molar-refractivity contribution in [2.45, 2.75) is 40.7 Å². The van der Waals surface area contributed by atoms with Crippen molar-refractivity contribution in [3.63, 3.8) is 0 Å². The first kappa shape index (κ1) is 48.3. The Hall–Kier alpha value is -2.83. The van der Waals surface area contributed by atoms with Crippen LogP contribution in [-0.2, 0) is 29.0 Å². The second kappa shape index (κ2) is 29.0. The van der Waals surface area contributed by atoms with Gasteiger partial charge in [0, 0.05) is 11.0 Å². The third-order valence-corrected chi connectivity index (χ3v) is 6.51. The topological polar surface area (TPSA) is 214 Å². The van der Waals surface area contributed by atoms with Gasteiger partial charge in [0.25, 0.3) is 0 Å². The molecule has 0 radical (unpaired) electrons. The molecule has 0 bridgehead atoms. The average Bonchev–Trinajstić information content (AvgIpc) is 3.04. The molecule has 21 heteroatoms. The van der Waals surface area contributed by atoms with Gasteiger partial charge in [-0.1, -0.05) is 35.5 Å². The third kappa shape index (κ3) is 24.0. The van der Waals surface area contributed by atoms with Gasteiger partial charge in [-0.15, -0.1) is 12.4 Å². The molecule has 49 heavy (non-hydrogen) atoms. The number of halogens is 3. The Morgan fingerprint density at radius 3 is 1.49 bits per heavy atom. The molecule has 0 spiro atoms. The summed E-state index contributed by atoms with van der Waals surface area (Å²) < 4.78 is 22.7. The molecule has 13 nitrogen and oxygen atoms in total. The van der Waals surface area contributed by atoms with E-state index in [0.717, 1.165) is 32.8 Å². The van der Waals surface area contributed by atoms with E-state index < -0.39 is 21.2 Å². The van der Waals surface area contributed by atoms with Crippen molar-refractivity contribution in [1.29, 1.82) is 0 Å². The molecule has 10 N–H and O–H groups in total. The van der Waals surface area contributed by atoms with Gasteiger partial charge in [-0.3, -0.25) is 0 Å². The number of nitrogens with one attached hydrogen (secondary N) is 4. The van der Waals surface area contributed by atoms with Crippen molar-refractivity contribution < 1.29 is 29.5 Å². The Kier molecular flexibility index (Phi) is 28.5. The van der Waals surface area contributed by atoms with Crippen molar-refractivity contribution in [3.05, 3.63) is 98.4 Å². The molecule has 0 saturated carbocycles. The molecule has 3 aromatic rings. The predicted octanol–water partition coefficient (Wildman–Crippen LogP) is 1.09. The summed E-state index contributed by atoms with van der Waals surface area (Å²) in [7, 11) is -1.83. The van der Waals surface area contributed by atoms with Gasteiger partial charge < -0.3 is 5.73 Å². The Labute approximate surface area is 314 Å². The van der Waals surface area contributed by atoms with Crippen LogP contribution in [0.25, 0.3) is 0 Å². The van der Waals surface area contributed by atoms with Gasteiger partial charge in [0.2, 0.25) is 0 Å². The van der Waals surface area contributed by atoms with E-state index in [1.165, 1.54) is 6.82 Å². The van der Waals surface area contributed by atoms with Crippen LogP contribution in [0.3, 0.4) is 0 Å². The van der Waals surface area contributed by atoms with E-state index in [2.05, 4.69) is 62.9 Å². The van der Waals surface area contributed by atoms with E-state index in [9.17, 15) is 19.5 Å². The van der Waals surface area contributed by atoms with Crippen molar-refractivity contribution >= 4 is 97.2 Å². The minimum absolute atomic E-state index is 0. The fraction of sp³-hybridized carbons (Fsp3) is 0.286. The second-order valence-electron chi connectivity index (χ2n) is 9.60. The molecule has 262 valence electrons. The smallest absolute Gasteiger partial charge is 0.0178 e. The maximum absolute atomic E-state index is 10.3. The molecule has 3 rings (SSSR count). The largest absolute Gasteiger partial charge is 0.326 e. The summed E-state index contributed by atoms with van der Waals surface area (Å²) in [6.07, 6.45) is 0.227. The molecule has 0 aromatic heterocycles. The van der Waals surface area contributed by atoms with Crippen molar-refractivity contribution in [2.24, 2.45) is 15.5 Å². The molecule has 3 aromatic carbocycles. The Balaban J connectivity index is 0. The zero-order valence-corrected chi connectivity index (χ0v) is 30.6. The minimum Gasteiger partial charge on any atom is -0.326 e. The molecule has 0 heterocycles. The first-order valence-corrected chi connectivity index (χ1v) is 16.0. The molecule has 0 atom stereocenters. The summed E-state index contributed by atoms with van der Waals surface area (Å²) in [5.74, 6) is 0.694. The van der Waals surface area contributed by atoms with E-state index in [4.69, 9.17) is 15.8 Å². The Morgan fingerprint density at radius 2 is 1.12 bits per heavy atom. The molecule has 0 amide bonds. The zero-order chi connectivity index (χ0) is 35.0. The van der Waals surface area contributed by atoms with Crippen LogP contribution in [0, 0.1) is 0 Å². The number of guanidine groups is 2. The molecule has 0 fully saturated rings. The quantitative estimate of drug-likeness (QED) is 0.0717. The number of hydrogen-bond donors (Lipinski definition) is 9. The van der Waals surface area contributed by atoms with Crippen LogP contribution in [-0.4, -0.2) is 80.4 Å². The fourth-order valence-electron chi connectivity index (χ4n) is 3.50. The summed E-state index contributed by atoms with van der Waals surface area (Å²) in [6.45, 7) is 4.56. The number of nitrogens with two attached hydrogens (primary N) is 1. The van der Waals surface area contributed by atoms with Crippen LogP contribution in [0.2, 0.25) is 13.6 Å². The van der Waals surface area contributed by atoms with Crippen molar-refractivity contribution in [2.75, 3.05) is 12.9 Å². The molecular weight excluding hydrogens is 780 g/mol. The SMILES string of the molecule is C.CB(O)N=C(NCB=O)NCc1cccc(B(O)O)c1.CB(O)N=C(NCB=O)NCc1cccc(Br)c1.Cl.NCc1cccc(Br)c1. The van der Waals surface area contributed by atoms with Gasteiger partial charge in [0.15, 0.2) is 0 Å². The van der Waals surface area contributed by atoms with Crippen LogP contribution < -0.4 is 32.5 Å². The van der Waals surface area contributed by atoms with Gasteiger partial charge in [0.1, 0.15) is 0 Å². The van der Waals surface area contributed by atoms with Crippen LogP contribution in [0.4, 0.5) is 0 Å². The van der Waals surface area contributed by atoms with E-state index >= 15 is 0 Å². The Morgan fingerprint density at radius 1 is 0.714 bits per heavy atom. The average molecular weight is 823 g/mol. The van der Waals surface area contributed by atoms with Gasteiger partial charge in [0.05, 0.1) is 0 Å².